The van der Waals surface area contributed by atoms with Gasteiger partial charge >= 0.3 is 0 Å². The number of rotatable bonds is 4. The van der Waals surface area contributed by atoms with Crippen molar-refractivity contribution in [3.05, 3.63) is 39.7 Å². The molecule has 27 heavy (non-hydrogen) atoms. The van der Waals surface area contributed by atoms with Crippen LogP contribution in [0.3, 0.4) is 0 Å². The lowest BCUT2D eigenvalue weighted by atomic mass is 10.4. The number of nitrogens with zero attached hydrogens (tertiary/aromatic N) is 3. The fourth-order valence-electron chi connectivity index (χ4n) is 2.40. The highest BCUT2D eigenvalue weighted by molar-refractivity contribution is 7.20. The molecule has 11 heteroatoms. The van der Waals surface area contributed by atoms with Crippen LogP contribution in [0.1, 0.15) is 21.0 Å². The minimum atomic E-state index is -0.467. The summed E-state index contributed by atoms with van der Waals surface area (Å²) >= 11 is 4.34. The number of thiophene rings is 1. The fourth-order valence-corrected chi connectivity index (χ4v) is 4.88. The van der Waals surface area contributed by atoms with Crippen molar-refractivity contribution < 1.29 is 14.3 Å². The maximum absolute atomic E-state index is 12.2. The first-order valence-corrected chi connectivity index (χ1v) is 10.7. The molecule has 0 saturated carbocycles. The van der Waals surface area contributed by atoms with Gasteiger partial charge in [-0.25, -0.2) is 9.97 Å². The number of ether oxygens (including phenoxy) is 1. The topological polar surface area (TPSA) is 96.5 Å². The molecule has 4 heterocycles. The lowest BCUT2D eigenvalue weighted by Gasteiger charge is -2.25. The van der Waals surface area contributed by atoms with Gasteiger partial charge in [0.15, 0.2) is 5.13 Å². The molecule has 0 spiro atoms. The molecule has 0 bridgehead atoms. The molecule has 2 amide bonds. The fraction of sp³-hybridized carbons (Fsp3) is 0.250. The monoisotopic (exact) mass is 421 g/mol. The zero-order valence-electron chi connectivity index (χ0n) is 14.0. The summed E-state index contributed by atoms with van der Waals surface area (Å²) in [5, 5.41) is 6.83. The number of nitrogens with one attached hydrogen (secondary N) is 2. The van der Waals surface area contributed by atoms with Crippen LogP contribution in [0.25, 0.3) is 9.88 Å². The molecule has 1 saturated heterocycles. The second-order valence-corrected chi connectivity index (χ2v) is 8.18. The molecular weight excluding hydrogens is 406 g/mol. The molecule has 3 aromatic heterocycles. The molecule has 0 aliphatic carbocycles. The van der Waals surface area contributed by atoms with Crippen LogP contribution in [0.5, 0.6) is 0 Å². The van der Waals surface area contributed by atoms with Crippen molar-refractivity contribution in [2.75, 3.05) is 31.2 Å². The van der Waals surface area contributed by atoms with Gasteiger partial charge in [0.2, 0.25) is 0 Å². The molecular formula is C16H15N5O3S3. The number of aromatic nitrogens is 2. The van der Waals surface area contributed by atoms with E-state index < -0.39 is 11.8 Å². The van der Waals surface area contributed by atoms with Crippen LogP contribution in [-0.4, -0.2) is 48.1 Å². The molecule has 0 unspecified atom stereocenters. The smallest absolute Gasteiger partial charge is 0.289 e. The quantitative estimate of drug-likeness (QED) is 0.627. The molecule has 8 nitrogen and oxygen atoms in total. The van der Waals surface area contributed by atoms with Gasteiger partial charge in [-0.3, -0.25) is 20.4 Å². The van der Waals surface area contributed by atoms with Crippen LogP contribution < -0.4 is 15.8 Å². The molecule has 1 aliphatic rings. The van der Waals surface area contributed by atoms with Crippen molar-refractivity contribution in [2.45, 2.75) is 0 Å². The second-order valence-electron chi connectivity index (χ2n) is 5.54. The molecule has 1 fully saturated rings. The molecule has 140 valence electrons. The molecule has 0 aromatic carbocycles. The largest absolute Gasteiger partial charge is 0.378 e. The molecule has 2 N–H and O–H groups in total. The van der Waals surface area contributed by atoms with Gasteiger partial charge in [-0.2, -0.15) is 0 Å². The van der Waals surface area contributed by atoms with Gasteiger partial charge in [-0.1, -0.05) is 6.07 Å². The standard InChI is InChI=1S/C16H15N5O3S3/c22-13(10-8-26-15(17-10)12-2-1-7-25-12)19-20-14(23)11-9-27-16(18-11)21-3-5-24-6-4-21/h1-2,7-9H,3-6H2,(H,19,22)(H,20,23). The normalized spacial score (nSPS) is 14.1. The van der Waals surface area contributed by atoms with Crippen LogP contribution >= 0.6 is 34.0 Å². The number of thiazole rings is 2. The highest BCUT2D eigenvalue weighted by atomic mass is 32.1. The van der Waals surface area contributed by atoms with Gasteiger partial charge in [0.05, 0.1) is 18.1 Å². The minimum Gasteiger partial charge on any atom is -0.378 e. The van der Waals surface area contributed by atoms with E-state index in [0.29, 0.717) is 13.2 Å². The van der Waals surface area contributed by atoms with E-state index in [1.165, 1.54) is 22.7 Å². The van der Waals surface area contributed by atoms with E-state index in [-0.39, 0.29) is 11.4 Å². The minimum absolute atomic E-state index is 0.260. The van der Waals surface area contributed by atoms with Crippen molar-refractivity contribution in [3.63, 3.8) is 0 Å². The maximum Gasteiger partial charge on any atom is 0.289 e. The summed E-state index contributed by atoms with van der Waals surface area (Å²) in [5.41, 5.74) is 5.30. The number of hydrogen-bond acceptors (Lipinski definition) is 9. The Morgan fingerprint density at radius 2 is 1.70 bits per heavy atom. The maximum atomic E-state index is 12.2. The van der Waals surface area contributed by atoms with Crippen molar-refractivity contribution in [3.8, 4) is 9.88 Å². The third-order valence-corrected chi connectivity index (χ3v) is 6.55. The number of carbonyl (C=O) groups is 2. The lowest BCUT2D eigenvalue weighted by Crippen LogP contribution is -2.42. The third-order valence-electron chi connectivity index (χ3n) is 3.76. The SMILES string of the molecule is O=C(NNC(=O)c1csc(N2CCOCC2)n1)c1csc(-c2cccs2)n1. The van der Waals surface area contributed by atoms with Gasteiger partial charge in [0, 0.05) is 23.8 Å². The van der Waals surface area contributed by atoms with Crippen LogP contribution in [0.2, 0.25) is 0 Å². The first-order valence-electron chi connectivity index (χ1n) is 8.09. The molecule has 0 radical (unpaired) electrons. The van der Waals surface area contributed by atoms with Gasteiger partial charge in [-0.15, -0.1) is 34.0 Å². The number of amides is 2. The van der Waals surface area contributed by atoms with E-state index in [9.17, 15) is 9.59 Å². The van der Waals surface area contributed by atoms with Crippen LogP contribution in [0.15, 0.2) is 28.3 Å². The molecule has 0 atom stereocenters. The van der Waals surface area contributed by atoms with Crippen LogP contribution in [0, 0.1) is 0 Å². The average molecular weight is 422 g/mol. The third kappa shape index (κ3) is 4.16. The van der Waals surface area contributed by atoms with Crippen molar-refractivity contribution >= 4 is 51.0 Å². The molecule has 1 aliphatic heterocycles. The van der Waals surface area contributed by atoms with Crippen molar-refractivity contribution in [2.24, 2.45) is 0 Å². The van der Waals surface area contributed by atoms with E-state index in [2.05, 4.69) is 25.7 Å². The highest BCUT2D eigenvalue weighted by Gasteiger charge is 2.18. The van der Waals surface area contributed by atoms with Gasteiger partial charge < -0.3 is 9.64 Å². The number of morpholine rings is 1. The Kier molecular flexibility index (Phi) is 5.43. The Hall–Kier alpha value is -2.34. The average Bonchev–Trinajstić information content (AvgIpc) is 3.47. The van der Waals surface area contributed by atoms with Crippen LogP contribution in [-0.2, 0) is 4.74 Å². The molecule has 3 aromatic rings. The Balaban J connectivity index is 1.34. The van der Waals surface area contributed by atoms with E-state index in [0.717, 1.165) is 28.1 Å². The number of anilines is 1. The van der Waals surface area contributed by atoms with Gasteiger partial charge in [0.1, 0.15) is 16.4 Å². The summed E-state index contributed by atoms with van der Waals surface area (Å²) in [6.45, 7) is 2.81. The van der Waals surface area contributed by atoms with Crippen molar-refractivity contribution in [1.29, 1.82) is 0 Å². The summed E-state index contributed by atoms with van der Waals surface area (Å²) in [7, 11) is 0. The van der Waals surface area contributed by atoms with E-state index in [1.807, 2.05) is 17.5 Å². The van der Waals surface area contributed by atoms with E-state index >= 15 is 0 Å². The predicted molar refractivity (Wildman–Crippen MR) is 106 cm³/mol. The van der Waals surface area contributed by atoms with E-state index in [4.69, 9.17) is 4.74 Å². The first-order chi connectivity index (χ1) is 13.2. The Morgan fingerprint density at radius 3 is 2.41 bits per heavy atom. The summed E-state index contributed by atoms with van der Waals surface area (Å²) in [6.07, 6.45) is 0. The molecule has 4 rings (SSSR count). The second kappa shape index (κ2) is 8.13. The van der Waals surface area contributed by atoms with Gasteiger partial charge in [-0.05, 0) is 11.4 Å². The summed E-state index contributed by atoms with van der Waals surface area (Å²) in [5.74, 6) is -0.932. The predicted octanol–water partition coefficient (Wildman–Crippen LogP) is 2.24. The number of hydrazine groups is 1. The lowest BCUT2D eigenvalue weighted by molar-refractivity contribution is 0.0842. The zero-order valence-corrected chi connectivity index (χ0v) is 16.5. The summed E-state index contributed by atoms with van der Waals surface area (Å²) in [4.78, 5) is 36.1. The number of carbonyl (C=O) groups excluding carboxylic acids is 2. The number of hydrogen-bond donors (Lipinski definition) is 2. The first kappa shape index (κ1) is 18.0. The Labute approximate surface area is 166 Å². The van der Waals surface area contributed by atoms with Crippen LogP contribution in [0.4, 0.5) is 5.13 Å². The highest BCUT2D eigenvalue weighted by Crippen LogP contribution is 2.27. The summed E-state index contributed by atoms with van der Waals surface area (Å²) < 4.78 is 5.31. The van der Waals surface area contributed by atoms with Crippen molar-refractivity contribution in [1.82, 2.24) is 20.8 Å². The zero-order chi connectivity index (χ0) is 18.6. The van der Waals surface area contributed by atoms with Gasteiger partial charge in [0.25, 0.3) is 11.8 Å². The Morgan fingerprint density at radius 1 is 1.00 bits per heavy atom. The van der Waals surface area contributed by atoms with E-state index in [1.54, 1.807) is 22.1 Å². The Bertz CT molecular complexity index is 931. The summed E-state index contributed by atoms with van der Waals surface area (Å²) in [6, 6.07) is 3.88.